The minimum atomic E-state index is -0.150. The predicted molar refractivity (Wildman–Crippen MR) is 126 cm³/mol. The Morgan fingerprint density at radius 1 is 1.21 bits per heavy atom. The summed E-state index contributed by atoms with van der Waals surface area (Å²) >= 11 is 9.62. The molecule has 1 aromatic heterocycles. The highest BCUT2D eigenvalue weighted by Gasteiger charge is 2.10. The first-order valence-electron chi connectivity index (χ1n) is 8.59. The summed E-state index contributed by atoms with van der Waals surface area (Å²) in [5.74, 6) is 0.142. The first-order valence-corrected chi connectivity index (χ1v) is 11.0. The molecule has 0 aliphatic carbocycles. The van der Waals surface area contributed by atoms with Crippen LogP contribution in [0.2, 0.25) is 5.02 Å². The van der Waals surface area contributed by atoms with E-state index in [1.54, 1.807) is 6.21 Å². The van der Waals surface area contributed by atoms with Crippen LogP contribution in [0.5, 0.6) is 0 Å². The van der Waals surface area contributed by atoms with Gasteiger partial charge < -0.3 is 4.57 Å². The van der Waals surface area contributed by atoms with E-state index in [1.165, 1.54) is 15.3 Å². The largest absolute Gasteiger partial charge is 0.318 e. The molecule has 0 atom stereocenters. The van der Waals surface area contributed by atoms with E-state index >= 15 is 0 Å². The predicted octanol–water partition coefficient (Wildman–Crippen LogP) is 5.59. The molecule has 0 fully saturated rings. The summed E-state index contributed by atoms with van der Waals surface area (Å²) < 4.78 is 3.37. The third-order valence-corrected chi connectivity index (χ3v) is 6.05. The fourth-order valence-corrected chi connectivity index (χ4v) is 4.16. The number of halogens is 2. The summed E-state index contributed by atoms with van der Waals surface area (Å²) in [4.78, 5) is 13.0. The Balaban J connectivity index is 1.62. The zero-order chi connectivity index (χ0) is 20.1. The average Bonchev–Trinajstić information content (AvgIpc) is 2.95. The Bertz CT molecular complexity index is 1010. The average molecular weight is 524 g/mol. The van der Waals surface area contributed by atoms with Crippen molar-refractivity contribution in [3.8, 4) is 5.69 Å². The lowest BCUT2D eigenvalue weighted by molar-refractivity contribution is -0.118. The fraction of sp³-hybridized carbons (Fsp3) is 0.143. The van der Waals surface area contributed by atoms with Crippen molar-refractivity contribution in [2.24, 2.45) is 5.10 Å². The highest BCUT2D eigenvalue weighted by Crippen LogP contribution is 2.22. The summed E-state index contributed by atoms with van der Waals surface area (Å²) in [5.41, 5.74) is 6.87. The Morgan fingerprint density at radius 3 is 2.68 bits per heavy atom. The molecule has 1 N–H and O–H groups in total. The normalized spacial score (nSPS) is 11.1. The van der Waals surface area contributed by atoms with Crippen molar-refractivity contribution in [2.45, 2.75) is 18.7 Å². The molecule has 0 radical (unpaired) electrons. The third-order valence-electron chi connectivity index (χ3n) is 4.11. The molecular weight excluding hydrogens is 505 g/mol. The van der Waals surface area contributed by atoms with E-state index in [-0.39, 0.29) is 5.91 Å². The Labute approximate surface area is 187 Å². The maximum Gasteiger partial charge on any atom is 0.250 e. The lowest BCUT2D eigenvalue weighted by atomic mass is 10.2. The monoisotopic (exact) mass is 523 g/mol. The Hall–Kier alpha value is -1.77. The van der Waals surface area contributed by atoms with Gasteiger partial charge in [0.1, 0.15) is 0 Å². The summed E-state index contributed by atoms with van der Waals surface area (Å²) in [6, 6.07) is 17.8. The van der Waals surface area contributed by atoms with Gasteiger partial charge in [-0.25, -0.2) is 5.43 Å². The summed E-state index contributed by atoms with van der Waals surface area (Å²) in [6.07, 6.45) is 1.69. The van der Waals surface area contributed by atoms with Crippen LogP contribution < -0.4 is 5.43 Å². The number of aryl methyl sites for hydroxylation is 1. The maximum atomic E-state index is 12.0. The highest BCUT2D eigenvalue weighted by molar-refractivity contribution is 14.1. The van der Waals surface area contributed by atoms with Crippen molar-refractivity contribution in [1.29, 1.82) is 0 Å². The fourth-order valence-electron chi connectivity index (χ4n) is 2.82. The van der Waals surface area contributed by atoms with Crippen LogP contribution in [-0.2, 0) is 4.79 Å². The second-order valence-electron chi connectivity index (χ2n) is 6.18. The number of rotatable bonds is 6. The molecule has 1 heterocycles. The summed E-state index contributed by atoms with van der Waals surface area (Å²) in [5, 5.41) is 4.80. The second-order valence-corrected chi connectivity index (χ2v) is 8.91. The molecule has 2 aromatic carbocycles. The molecule has 3 rings (SSSR count). The van der Waals surface area contributed by atoms with Crippen LogP contribution in [0.1, 0.15) is 17.0 Å². The van der Waals surface area contributed by atoms with Gasteiger partial charge in [0.2, 0.25) is 5.91 Å². The van der Waals surface area contributed by atoms with Crippen molar-refractivity contribution >= 4 is 58.1 Å². The number of benzene rings is 2. The molecule has 7 heteroatoms. The van der Waals surface area contributed by atoms with Gasteiger partial charge in [0, 0.05) is 36.1 Å². The van der Waals surface area contributed by atoms with Crippen LogP contribution in [0, 0.1) is 17.4 Å². The number of amides is 1. The van der Waals surface area contributed by atoms with E-state index in [4.69, 9.17) is 11.6 Å². The quantitative estimate of drug-likeness (QED) is 0.198. The molecule has 0 saturated heterocycles. The van der Waals surface area contributed by atoms with E-state index in [9.17, 15) is 4.79 Å². The highest BCUT2D eigenvalue weighted by atomic mass is 127. The molecule has 0 aliphatic heterocycles. The zero-order valence-electron chi connectivity index (χ0n) is 15.4. The minimum Gasteiger partial charge on any atom is -0.318 e. The number of thioether (sulfide) groups is 1. The van der Waals surface area contributed by atoms with Gasteiger partial charge in [0.05, 0.1) is 12.0 Å². The Kier molecular flexibility index (Phi) is 7.20. The smallest absolute Gasteiger partial charge is 0.250 e. The number of carbonyl (C=O) groups excluding carboxylic acids is 1. The number of aromatic nitrogens is 1. The number of hydrogen-bond acceptors (Lipinski definition) is 3. The molecule has 144 valence electrons. The third kappa shape index (κ3) is 5.40. The molecular formula is C21H19ClIN3OS. The molecule has 0 saturated carbocycles. The number of nitrogens with one attached hydrogen (secondary N) is 1. The van der Waals surface area contributed by atoms with Gasteiger partial charge in [-0.15, -0.1) is 11.8 Å². The van der Waals surface area contributed by atoms with Crippen LogP contribution in [-0.4, -0.2) is 22.4 Å². The topological polar surface area (TPSA) is 46.4 Å². The van der Waals surface area contributed by atoms with Crippen molar-refractivity contribution in [3.63, 3.8) is 0 Å². The molecule has 0 spiro atoms. The lowest BCUT2D eigenvalue weighted by Gasteiger charge is -2.09. The van der Waals surface area contributed by atoms with Crippen LogP contribution >= 0.6 is 46.0 Å². The molecule has 3 aromatic rings. The first-order chi connectivity index (χ1) is 13.4. The van der Waals surface area contributed by atoms with Crippen LogP contribution in [0.25, 0.3) is 5.69 Å². The molecule has 28 heavy (non-hydrogen) atoms. The molecule has 0 aliphatic rings. The molecule has 1 amide bonds. The number of carbonyl (C=O) groups is 1. The lowest BCUT2D eigenvalue weighted by Crippen LogP contribution is -2.19. The van der Waals surface area contributed by atoms with E-state index in [0.29, 0.717) is 10.8 Å². The van der Waals surface area contributed by atoms with Crippen molar-refractivity contribution in [1.82, 2.24) is 9.99 Å². The minimum absolute atomic E-state index is 0.150. The van der Waals surface area contributed by atoms with Crippen LogP contribution in [0.15, 0.2) is 64.6 Å². The Morgan fingerprint density at radius 2 is 1.96 bits per heavy atom. The van der Waals surface area contributed by atoms with Gasteiger partial charge in [0.15, 0.2) is 0 Å². The molecule has 0 unspecified atom stereocenters. The summed E-state index contributed by atoms with van der Waals surface area (Å²) in [7, 11) is 0. The van der Waals surface area contributed by atoms with E-state index < -0.39 is 0 Å². The van der Waals surface area contributed by atoms with Crippen molar-refractivity contribution < 1.29 is 4.79 Å². The van der Waals surface area contributed by atoms with Crippen LogP contribution in [0.3, 0.4) is 0 Å². The van der Waals surface area contributed by atoms with Gasteiger partial charge >= 0.3 is 0 Å². The number of hydrazone groups is 1. The number of hydrogen-bond donors (Lipinski definition) is 1. The summed E-state index contributed by atoms with van der Waals surface area (Å²) in [6.45, 7) is 4.11. The number of nitrogens with zero attached hydrogens (tertiary/aromatic N) is 2. The van der Waals surface area contributed by atoms with Gasteiger partial charge in [-0.2, -0.15) is 5.10 Å². The van der Waals surface area contributed by atoms with Gasteiger partial charge in [0.25, 0.3) is 0 Å². The standard InChI is InChI=1S/C21H19ClIN3OS/c1-14-10-16(15(2)26(14)19-5-3-4-18(23)11-19)12-24-25-21(27)13-28-20-8-6-17(22)7-9-20/h3-12H,13H2,1-2H3,(H,25,27)/b24-12-. The maximum absolute atomic E-state index is 12.0. The van der Waals surface area contributed by atoms with Crippen molar-refractivity contribution in [3.05, 3.63) is 80.1 Å². The second kappa shape index (κ2) is 9.62. The van der Waals surface area contributed by atoms with E-state index in [0.717, 1.165) is 27.5 Å². The van der Waals surface area contributed by atoms with Crippen molar-refractivity contribution in [2.75, 3.05) is 5.75 Å². The van der Waals surface area contributed by atoms with Gasteiger partial charge in [-0.3, -0.25) is 4.79 Å². The van der Waals surface area contributed by atoms with Gasteiger partial charge in [-0.05, 0) is 85.0 Å². The van der Waals surface area contributed by atoms with E-state index in [1.807, 2.05) is 37.3 Å². The first kappa shape index (κ1) is 21.0. The van der Waals surface area contributed by atoms with Gasteiger partial charge in [-0.1, -0.05) is 17.7 Å². The molecule has 4 nitrogen and oxygen atoms in total. The van der Waals surface area contributed by atoms with Crippen LogP contribution in [0.4, 0.5) is 0 Å². The SMILES string of the molecule is Cc1cc(/C=N\NC(=O)CSc2ccc(Cl)cc2)c(C)n1-c1cccc(I)c1. The van der Waals surface area contributed by atoms with E-state index in [2.05, 4.69) is 68.9 Å². The zero-order valence-corrected chi connectivity index (χ0v) is 19.2. The molecule has 0 bridgehead atoms.